The molecule has 1 unspecified atom stereocenters. The van der Waals surface area contributed by atoms with E-state index in [9.17, 15) is 5.11 Å². The van der Waals surface area contributed by atoms with E-state index >= 15 is 0 Å². The lowest BCUT2D eigenvalue weighted by Gasteiger charge is -2.28. The predicted molar refractivity (Wildman–Crippen MR) is 90.1 cm³/mol. The van der Waals surface area contributed by atoms with Gasteiger partial charge in [-0.3, -0.25) is 0 Å². The highest BCUT2D eigenvalue weighted by atomic mass is 32.1. The molecule has 0 aliphatic carbocycles. The van der Waals surface area contributed by atoms with Gasteiger partial charge in [-0.15, -0.1) is 0 Å². The number of nitrogens with one attached hydrogen (secondary N) is 1. The zero-order valence-corrected chi connectivity index (χ0v) is 12.5. The lowest BCUT2D eigenvalue weighted by Crippen LogP contribution is -2.31. The van der Waals surface area contributed by atoms with E-state index in [4.69, 9.17) is 12.2 Å². The summed E-state index contributed by atoms with van der Waals surface area (Å²) in [5.41, 5.74) is 2.93. The molecule has 106 valence electrons. The number of nitrogens with zero attached hydrogens (tertiary/aromatic N) is 1. The second-order valence-electron chi connectivity index (χ2n) is 4.98. The van der Waals surface area contributed by atoms with Gasteiger partial charge in [-0.1, -0.05) is 36.4 Å². The van der Waals surface area contributed by atoms with Crippen LogP contribution in [0.4, 0.5) is 5.69 Å². The van der Waals surface area contributed by atoms with Gasteiger partial charge in [0.15, 0.2) is 5.11 Å². The molecule has 0 amide bonds. The van der Waals surface area contributed by atoms with Crippen molar-refractivity contribution in [2.45, 2.75) is 13.0 Å². The van der Waals surface area contributed by atoms with Gasteiger partial charge in [0.25, 0.3) is 0 Å². The van der Waals surface area contributed by atoms with Gasteiger partial charge in [0.1, 0.15) is 5.75 Å². The molecule has 0 aromatic heterocycles. The van der Waals surface area contributed by atoms with Crippen LogP contribution in [0.5, 0.6) is 5.75 Å². The van der Waals surface area contributed by atoms with Crippen LogP contribution in [0, 0.1) is 0 Å². The van der Waals surface area contributed by atoms with Crippen molar-refractivity contribution in [3.63, 3.8) is 0 Å². The molecule has 2 N–H and O–H groups in total. The van der Waals surface area contributed by atoms with E-state index in [1.807, 2.05) is 66.6 Å². The van der Waals surface area contributed by atoms with Gasteiger partial charge in [-0.05, 0) is 42.9 Å². The van der Waals surface area contributed by atoms with Crippen LogP contribution in [0.15, 0.2) is 54.7 Å². The van der Waals surface area contributed by atoms with Crippen molar-refractivity contribution in [1.29, 1.82) is 0 Å². The summed E-state index contributed by atoms with van der Waals surface area (Å²) in [6.07, 6.45) is 3.98. The molecule has 21 heavy (non-hydrogen) atoms. The molecular weight excluding hydrogens is 280 g/mol. The number of para-hydroxylation sites is 2. The first kappa shape index (κ1) is 13.6. The van der Waals surface area contributed by atoms with E-state index in [1.54, 1.807) is 6.07 Å². The van der Waals surface area contributed by atoms with Gasteiger partial charge < -0.3 is 15.3 Å². The summed E-state index contributed by atoms with van der Waals surface area (Å²) in [7, 11) is 0. The number of thiocarbonyl (C=S) groups is 1. The van der Waals surface area contributed by atoms with Crippen LogP contribution in [0.3, 0.4) is 0 Å². The van der Waals surface area contributed by atoms with Gasteiger partial charge >= 0.3 is 0 Å². The molecule has 1 aliphatic heterocycles. The van der Waals surface area contributed by atoms with Gasteiger partial charge in [-0.2, -0.15) is 0 Å². The number of aromatic hydroxyl groups is 1. The van der Waals surface area contributed by atoms with Crippen LogP contribution in [-0.4, -0.2) is 15.1 Å². The monoisotopic (exact) mass is 296 g/mol. The van der Waals surface area contributed by atoms with Gasteiger partial charge in [-0.25, -0.2) is 0 Å². The summed E-state index contributed by atoms with van der Waals surface area (Å²) in [6, 6.07) is 15.3. The molecule has 0 bridgehead atoms. The van der Waals surface area contributed by atoms with E-state index < -0.39 is 0 Å². The third-order valence-corrected chi connectivity index (χ3v) is 3.97. The van der Waals surface area contributed by atoms with Crippen molar-refractivity contribution in [1.82, 2.24) is 4.90 Å². The fourth-order valence-electron chi connectivity index (χ4n) is 2.46. The van der Waals surface area contributed by atoms with Gasteiger partial charge in [0.2, 0.25) is 0 Å². The summed E-state index contributed by atoms with van der Waals surface area (Å²) in [5.74, 6) is 0.281. The smallest absolute Gasteiger partial charge is 0.178 e. The van der Waals surface area contributed by atoms with E-state index in [2.05, 4.69) is 5.32 Å². The maximum absolute atomic E-state index is 10.0. The number of phenols is 1. The van der Waals surface area contributed by atoms with E-state index in [-0.39, 0.29) is 11.8 Å². The number of rotatable bonds is 2. The SMILES string of the molecule is CC(c1ccccc1O)N1C=Cc2ccccc2NC1=S. The molecule has 0 fully saturated rings. The Morgan fingerprint density at radius 2 is 1.81 bits per heavy atom. The number of hydrogen-bond acceptors (Lipinski definition) is 2. The minimum atomic E-state index is -0.0586. The predicted octanol–water partition coefficient (Wildman–Crippen LogP) is 4.14. The summed E-state index contributed by atoms with van der Waals surface area (Å²) in [5, 5.41) is 13.9. The first-order valence-corrected chi connectivity index (χ1v) is 7.22. The van der Waals surface area contributed by atoms with Gasteiger partial charge in [0.05, 0.1) is 6.04 Å². The summed E-state index contributed by atoms with van der Waals surface area (Å²) in [6.45, 7) is 2.02. The van der Waals surface area contributed by atoms with Crippen molar-refractivity contribution >= 4 is 29.1 Å². The number of phenolic OH excluding ortho intramolecular Hbond substituents is 1. The Labute approximate surface area is 129 Å². The summed E-state index contributed by atoms with van der Waals surface area (Å²) >= 11 is 5.49. The molecule has 0 spiro atoms. The Kier molecular flexibility index (Phi) is 3.62. The quantitative estimate of drug-likeness (QED) is 0.817. The average molecular weight is 296 g/mol. The highest BCUT2D eigenvalue weighted by molar-refractivity contribution is 7.80. The van der Waals surface area contributed by atoms with E-state index in [1.165, 1.54) is 0 Å². The Morgan fingerprint density at radius 1 is 1.10 bits per heavy atom. The van der Waals surface area contributed by atoms with Crippen molar-refractivity contribution in [2.24, 2.45) is 0 Å². The molecule has 3 nitrogen and oxygen atoms in total. The van der Waals surface area contributed by atoms with Crippen LogP contribution < -0.4 is 5.32 Å². The summed E-state index contributed by atoms with van der Waals surface area (Å²) in [4.78, 5) is 1.95. The molecule has 1 heterocycles. The van der Waals surface area contributed by atoms with Crippen LogP contribution in [0.25, 0.3) is 6.08 Å². The second kappa shape index (κ2) is 5.58. The Balaban J connectivity index is 1.94. The fraction of sp³-hybridized carbons (Fsp3) is 0.118. The average Bonchev–Trinajstić information content (AvgIpc) is 2.65. The highest BCUT2D eigenvalue weighted by Gasteiger charge is 2.21. The lowest BCUT2D eigenvalue weighted by molar-refractivity contribution is 0.413. The maximum atomic E-state index is 10.0. The molecule has 1 aliphatic rings. The topological polar surface area (TPSA) is 35.5 Å². The zero-order chi connectivity index (χ0) is 14.8. The second-order valence-corrected chi connectivity index (χ2v) is 5.36. The molecule has 3 rings (SSSR count). The van der Waals surface area contributed by atoms with E-state index in [0.29, 0.717) is 5.11 Å². The van der Waals surface area contributed by atoms with Crippen molar-refractivity contribution < 1.29 is 5.11 Å². The molecule has 0 saturated carbocycles. The normalized spacial score (nSPS) is 15.1. The van der Waals surface area contributed by atoms with Crippen LogP contribution in [-0.2, 0) is 0 Å². The van der Waals surface area contributed by atoms with E-state index in [0.717, 1.165) is 16.8 Å². The van der Waals surface area contributed by atoms with Crippen molar-refractivity contribution in [3.8, 4) is 5.75 Å². The summed E-state index contributed by atoms with van der Waals surface area (Å²) < 4.78 is 0. The number of anilines is 1. The Hall–Kier alpha value is -2.33. The minimum absolute atomic E-state index is 0.0586. The Morgan fingerprint density at radius 3 is 2.62 bits per heavy atom. The first-order valence-electron chi connectivity index (χ1n) is 6.81. The molecule has 1 atom stereocenters. The molecule has 2 aromatic rings. The molecule has 0 radical (unpaired) electrons. The van der Waals surface area contributed by atoms with Crippen LogP contribution >= 0.6 is 12.2 Å². The first-order chi connectivity index (χ1) is 10.2. The van der Waals surface area contributed by atoms with Crippen molar-refractivity contribution in [2.75, 3.05) is 5.32 Å². The van der Waals surface area contributed by atoms with Gasteiger partial charge in [0, 0.05) is 17.5 Å². The molecular formula is C17H16N2OS. The molecule has 4 heteroatoms. The standard InChI is InChI=1S/C17H16N2OS/c1-12(14-7-3-5-9-16(14)20)19-11-10-13-6-2-4-8-15(13)18-17(19)21/h2-12,20H,1H3,(H,18,21). The minimum Gasteiger partial charge on any atom is -0.508 e. The maximum Gasteiger partial charge on any atom is 0.178 e. The van der Waals surface area contributed by atoms with Crippen LogP contribution in [0.2, 0.25) is 0 Å². The largest absolute Gasteiger partial charge is 0.508 e. The number of hydrogen-bond donors (Lipinski definition) is 2. The van der Waals surface area contributed by atoms with Crippen molar-refractivity contribution in [3.05, 3.63) is 65.9 Å². The molecule has 0 saturated heterocycles. The Bertz CT molecular complexity index is 711. The molecule has 2 aromatic carbocycles. The number of fused-ring (bicyclic) bond motifs is 1. The fourth-order valence-corrected chi connectivity index (χ4v) is 2.79. The van der Waals surface area contributed by atoms with Crippen LogP contribution in [0.1, 0.15) is 24.1 Å². The number of benzene rings is 2. The zero-order valence-electron chi connectivity index (χ0n) is 11.7. The lowest BCUT2D eigenvalue weighted by atomic mass is 10.1. The highest BCUT2D eigenvalue weighted by Crippen LogP contribution is 2.31. The third kappa shape index (κ3) is 2.62. The third-order valence-electron chi connectivity index (χ3n) is 3.66.